The van der Waals surface area contributed by atoms with Crippen LogP contribution in [-0.2, 0) is 33.2 Å². The van der Waals surface area contributed by atoms with Gasteiger partial charge in [-0.15, -0.1) is 0 Å². The quantitative estimate of drug-likeness (QED) is 0.0199. The van der Waals surface area contributed by atoms with Crippen molar-refractivity contribution in [1.82, 2.24) is 5.32 Å². The number of carbonyl (C=O) groups is 1. The normalized spacial score (nSPS) is 26.4. The lowest BCUT2D eigenvalue weighted by atomic mass is 9.96. The van der Waals surface area contributed by atoms with Gasteiger partial charge in [0.15, 0.2) is 18.9 Å². The second-order valence-corrected chi connectivity index (χ2v) is 30.3. The molecule has 1 amide bonds. The van der Waals surface area contributed by atoms with Crippen LogP contribution < -0.4 is 5.32 Å². The summed E-state index contributed by atoms with van der Waals surface area (Å²) in [4.78, 5) is 13.5. The molecule has 0 bridgehead atoms. The van der Waals surface area contributed by atoms with Gasteiger partial charge in [0.25, 0.3) is 0 Å². The van der Waals surface area contributed by atoms with Crippen molar-refractivity contribution in [3.8, 4) is 0 Å². The molecule has 3 heterocycles. The summed E-state index contributed by atoms with van der Waals surface area (Å²) in [5, 5.41) is 121. The summed E-state index contributed by atoms with van der Waals surface area (Å²) in [6.45, 7) is 1.79. The topological polar surface area (TPSA) is 307 Å². The fraction of sp³-hybridized carbons (Fsp3) is 0.963. The summed E-state index contributed by atoms with van der Waals surface area (Å²) < 4.78 is 34.4. The Balaban J connectivity index is 1.28. The van der Waals surface area contributed by atoms with E-state index in [4.69, 9.17) is 28.4 Å². The lowest BCUT2D eigenvalue weighted by molar-refractivity contribution is -0.379. The van der Waals surface area contributed by atoms with Crippen LogP contribution in [0.1, 0.15) is 367 Å². The first-order chi connectivity index (χ1) is 48.8. The van der Waals surface area contributed by atoms with Crippen LogP contribution in [0.2, 0.25) is 0 Å². The molecule has 0 aromatic carbocycles. The highest BCUT2D eigenvalue weighted by Gasteiger charge is 2.54. The number of allylic oxidation sites excluding steroid dienone is 1. The molecule has 0 radical (unpaired) electrons. The molecule has 0 spiro atoms. The molecule has 3 aliphatic rings. The molecule has 100 heavy (non-hydrogen) atoms. The van der Waals surface area contributed by atoms with Crippen LogP contribution >= 0.6 is 0 Å². The number of rotatable bonds is 68. The molecule has 3 fully saturated rings. The minimum absolute atomic E-state index is 0.250. The van der Waals surface area contributed by atoms with Gasteiger partial charge in [-0.25, -0.2) is 0 Å². The van der Waals surface area contributed by atoms with E-state index in [1.807, 2.05) is 6.08 Å². The van der Waals surface area contributed by atoms with Crippen LogP contribution in [0.5, 0.6) is 0 Å². The van der Waals surface area contributed by atoms with Crippen LogP contribution in [0, 0.1) is 0 Å². The number of amides is 1. The molecular weight excluding hydrogens is 1270 g/mol. The number of ether oxygens (including phenoxy) is 6. The van der Waals surface area contributed by atoms with Crippen molar-refractivity contribution in [3.63, 3.8) is 0 Å². The fourth-order valence-corrected chi connectivity index (χ4v) is 14.6. The Bertz CT molecular complexity index is 1850. The largest absolute Gasteiger partial charge is 0.394 e. The van der Waals surface area contributed by atoms with Crippen molar-refractivity contribution in [3.05, 3.63) is 12.2 Å². The van der Waals surface area contributed by atoms with Crippen LogP contribution in [0.15, 0.2) is 12.2 Å². The Hall–Kier alpha value is -1.47. The number of aliphatic hydroxyl groups excluding tert-OH is 11. The highest BCUT2D eigenvalue weighted by Crippen LogP contribution is 2.33. The lowest BCUT2D eigenvalue weighted by Gasteiger charge is -2.48. The zero-order valence-corrected chi connectivity index (χ0v) is 63.5. The third kappa shape index (κ3) is 42.2. The van der Waals surface area contributed by atoms with Gasteiger partial charge in [0.2, 0.25) is 5.91 Å². The smallest absolute Gasteiger partial charge is 0.220 e. The van der Waals surface area contributed by atoms with E-state index in [1.165, 1.54) is 295 Å². The maximum Gasteiger partial charge on any atom is 0.220 e. The molecule has 3 rings (SSSR count). The van der Waals surface area contributed by atoms with E-state index >= 15 is 0 Å². The first kappa shape index (κ1) is 92.7. The Morgan fingerprint density at radius 1 is 0.350 bits per heavy atom. The summed E-state index contributed by atoms with van der Waals surface area (Å²) in [6.07, 6.45) is 48.1. The minimum Gasteiger partial charge on any atom is -0.394 e. The SMILES string of the molecule is CCCCCCCCCCCCCCCC/C=C/C(O)C(COC1OC(CO)C(OC2OC(CO)C(OC3OC(CO)C(O)C(O)C3O)C(O)C2O)C(O)C1O)NC(=O)CCCCCCCCCCCCCCCCCCCCCCCCCCCCCCCCCCCCCCCCC. The predicted molar refractivity (Wildman–Crippen MR) is 397 cm³/mol. The third-order valence-corrected chi connectivity index (χ3v) is 21.3. The van der Waals surface area contributed by atoms with Crippen molar-refractivity contribution >= 4 is 5.91 Å². The molecule has 592 valence electrons. The Morgan fingerprint density at radius 3 is 0.940 bits per heavy atom. The van der Waals surface area contributed by atoms with E-state index in [1.54, 1.807) is 6.08 Å². The first-order valence-electron chi connectivity index (χ1n) is 41.9. The summed E-state index contributed by atoms with van der Waals surface area (Å²) >= 11 is 0. The summed E-state index contributed by atoms with van der Waals surface area (Å²) in [5.74, 6) is -0.267. The molecule has 0 saturated carbocycles. The van der Waals surface area contributed by atoms with Gasteiger partial charge in [0, 0.05) is 6.42 Å². The average molecular weight is 1430 g/mol. The average Bonchev–Trinajstić information content (AvgIpc) is 0.783. The van der Waals surface area contributed by atoms with E-state index in [2.05, 4.69) is 19.2 Å². The Morgan fingerprint density at radius 2 is 0.620 bits per heavy atom. The Kier molecular flexibility index (Phi) is 58.0. The first-order valence-corrected chi connectivity index (χ1v) is 41.9. The number of hydrogen-bond acceptors (Lipinski definition) is 18. The molecule has 0 aliphatic carbocycles. The van der Waals surface area contributed by atoms with Crippen LogP contribution in [0.3, 0.4) is 0 Å². The van der Waals surface area contributed by atoms with Gasteiger partial charge >= 0.3 is 0 Å². The molecule has 3 saturated heterocycles. The van der Waals surface area contributed by atoms with E-state index in [9.17, 15) is 61.0 Å². The van der Waals surface area contributed by atoms with Gasteiger partial charge in [-0.2, -0.15) is 0 Å². The summed E-state index contributed by atoms with van der Waals surface area (Å²) in [5.41, 5.74) is 0. The molecular formula is C81H155NO18. The number of aliphatic hydroxyl groups is 11. The maximum atomic E-state index is 13.5. The zero-order valence-electron chi connectivity index (χ0n) is 63.5. The lowest BCUT2D eigenvalue weighted by Crippen LogP contribution is -2.66. The van der Waals surface area contributed by atoms with Crippen LogP contribution in [0.25, 0.3) is 0 Å². The van der Waals surface area contributed by atoms with E-state index in [-0.39, 0.29) is 18.9 Å². The zero-order chi connectivity index (χ0) is 72.5. The van der Waals surface area contributed by atoms with Gasteiger partial charge in [-0.3, -0.25) is 4.79 Å². The van der Waals surface area contributed by atoms with Gasteiger partial charge < -0.3 is 89.9 Å². The maximum absolute atomic E-state index is 13.5. The van der Waals surface area contributed by atoms with Crippen LogP contribution in [0.4, 0.5) is 0 Å². The van der Waals surface area contributed by atoms with Crippen molar-refractivity contribution < 1.29 is 89.4 Å². The molecule has 17 unspecified atom stereocenters. The standard InChI is InChI=1S/C81H155NO18/c1-3-5-7-9-11-13-15-17-19-21-22-23-24-25-26-27-28-29-30-31-32-33-34-35-36-37-38-39-40-41-42-43-45-47-49-51-53-55-57-59-69(87)82-64(65(86)58-56-54-52-50-48-46-44-20-18-16-14-12-10-8-6-4-2)63-95-79-75(93)72(90)77(67(61-84)97-79)100-81-76(94)73(91)78(68(62-85)98-81)99-80-74(92)71(89)70(88)66(60-83)96-80/h56,58,64-68,70-81,83-86,88-94H,3-55,57,59-63H2,1-2H3,(H,82,87)/b58-56+. The van der Waals surface area contributed by atoms with Crippen molar-refractivity contribution in [2.24, 2.45) is 0 Å². The van der Waals surface area contributed by atoms with Gasteiger partial charge in [0.1, 0.15) is 73.2 Å². The van der Waals surface area contributed by atoms with Gasteiger partial charge in [-0.1, -0.05) is 353 Å². The molecule has 17 atom stereocenters. The van der Waals surface area contributed by atoms with E-state index < -0.39 is 124 Å². The molecule has 0 aromatic heterocycles. The number of hydrogen-bond donors (Lipinski definition) is 12. The second kappa shape index (κ2) is 62.6. The predicted octanol–water partition coefficient (Wildman–Crippen LogP) is 14.3. The van der Waals surface area contributed by atoms with E-state index in [0.717, 1.165) is 44.9 Å². The van der Waals surface area contributed by atoms with Gasteiger partial charge in [-0.05, 0) is 19.3 Å². The minimum atomic E-state index is -1.98. The molecule has 12 N–H and O–H groups in total. The van der Waals surface area contributed by atoms with Crippen molar-refractivity contribution in [1.29, 1.82) is 0 Å². The van der Waals surface area contributed by atoms with E-state index in [0.29, 0.717) is 6.42 Å². The second-order valence-electron chi connectivity index (χ2n) is 30.3. The molecule has 19 heteroatoms. The number of unbranched alkanes of at least 4 members (excludes halogenated alkanes) is 52. The molecule has 3 aliphatic heterocycles. The summed E-state index contributed by atoms with van der Waals surface area (Å²) in [6, 6.07) is -0.969. The third-order valence-electron chi connectivity index (χ3n) is 21.3. The van der Waals surface area contributed by atoms with Crippen LogP contribution in [-0.4, -0.2) is 193 Å². The van der Waals surface area contributed by atoms with Gasteiger partial charge in [0.05, 0.1) is 38.6 Å². The monoisotopic (exact) mass is 1430 g/mol. The summed E-state index contributed by atoms with van der Waals surface area (Å²) in [7, 11) is 0. The molecule has 19 nitrogen and oxygen atoms in total. The van der Waals surface area contributed by atoms with Crippen molar-refractivity contribution in [2.45, 2.75) is 471 Å². The number of carbonyl (C=O) groups excluding carboxylic acids is 1. The highest BCUT2D eigenvalue weighted by atomic mass is 16.8. The molecule has 0 aromatic rings. The highest BCUT2D eigenvalue weighted by molar-refractivity contribution is 5.76. The Labute approximate surface area is 607 Å². The fourth-order valence-electron chi connectivity index (χ4n) is 14.6. The van der Waals surface area contributed by atoms with Crippen molar-refractivity contribution in [2.75, 3.05) is 26.4 Å². The number of nitrogens with one attached hydrogen (secondary N) is 1.